The maximum atomic E-state index is 5.08. The molecule has 6 N–H and O–H groups in total. The molecule has 8 nitrogen and oxygen atoms in total. The zero-order valence-corrected chi connectivity index (χ0v) is 24.9. The SMILES string of the molecule is C1CCC(N=C(NNCCCNCCN=C(NC2CCCCC2)NC2CCCCC2)NC2CCCCC2)CC1. The number of hydrazine groups is 1. The number of rotatable bonds is 12. The lowest BCUT2D eigenvalue weighted by molar-refractivity contribution is 0.388. The Kier molecular flexibility index (Phi) is 14.6. The zero-order chi connectivity index (χ0) is 26.8. The molecule has 0 amide bonds. The van der Waals surface area contributed by atoms with E-state index in [1.807, 2.05) is 0 Å². The molecule has 4 saturated carbocycles. The standard InChI is InChI=1S/C31H60N8/c1-5-14-26(15-6-1)35-30(36-27-16-7-2-8-17-27)33-25-24-32-22-13-23-34-39-31(37-28-18-9-3-10-19-28)38-29-20-11-4-12-21-29/h26-29,32,34H,1-25H2,(H2,33,35,36)(H2,37,38,39). The molecular weight excluding hydrogens is 484 g/mol. The van der Waals surface area contributed by atoms with Crippen molar-refractivity contribution >= 4 is 11.9 Å². The number of guanidine groups is 2. The molecule has 0 bridgehead atoms. The van der Waals surface area contributed by atoms with Crippen molar-refractivity contribution in [1.82, 2.24) is 32.1 Å². The molecule has 0 aromatic carbocycles. The molecule has 8 heteroatoms. The van der Waals surface area contributed by atoms with Crippen LogP contribution in [0.25, 0.3) is 0 Å². The van der Waals surface area contributed by atoms with Gasteiger partial charge in [-0.2, -0.15) is 0 Å². The normalized spacial score (nSPS) is 22.8. The third-order valence-corrected chi connectivity index (χ3v) is 9.15. The van der Waals surface area contributed by atoms with Gasteiger partial charge in [-0.15, -0.1) is 0 Å². The molecule has 39 heavy (non-hydrogen) atoms. The van der Waals surface area contributed by atoms with Gasteiger partial charge >= 0.3 is 0 Å². The van der Waals surface area contributed by atoms with E-state index < -0.39 is 0 Å². The Labute approximate surface area is 239 Å². The second-order valence-corrected chi connectivity index (χ2v) is 12.6. The summed E-state index contributed by atoms with van der Waals surface area (Å²) in [5.74, 6) is 2.02. The average Bonchev–Trinajstić information content (AvgIpc) is 2.98. The zero-order valence-electron chi connectivity index (χ0n) is 24.9. The molecule has 4 rings (SSSR count). The number of hydrogen-bond acceptors (Lipinski definition) is 4. The van der Waals surface area contributed by atoms with E-state index in [2.05, 4.69) is 32.1 Å². The fourth-order valence-electron chi connectivity index (χ4n) is 6.77. The van der Waals surface area contributed by atoms with Gasteiger partial charge in [-0.3, -0.25) is 10.4 Å². The lowest BCUT2D eigenvalue weighted by Crippen LogP contribution is -2.50. The number of nitrogens with one attached hydrogen (secondary N) is 6. The van der Waals surface area contributed by atoms with Gasteiger partial charge < -0.3 is 21.3 Å². The number of aliphatic imine (C=N–C) groups is 2. The van der Waals surface area contributed by atoms with Gasteiger partial charge in [-0.25, -0.2) is 10.4 Å². The molecular formula is C31H60N8. The first kappa shape index (κ1) is 30.4. The molecule has 4 fully saturated rings. The quantitative estimate of drug-likeness (QED) is 0.0908. The molecule has 0 saturated heterocycles. The molecule has 4 aliphatic rings. The summed E-state index contributed by atoms with van der Waals surface area (Å²) in [6.07, 6.45) is 27.5. The van der Waals surface area contributed by atoms with Crippen molar-refractivity contribution in [2.75, 3.05) is 26.2 Å². The second-order valence-electron chi connectivity index (χ2n) is 12.6. The molecule has 0 aromatic heterocycles. The van der Waals surface area contributed by atoms with Gasteiger partial charge in [-0.05, 0) is 64.3 Å². The van der Waals surface area contributed by atoms with E-state index in [-0.39, 0.29) is 0 Å². The minimum absolute atomic E-state index is 0.478. The summed E-state index contributed by atoms with van der Waals surface area (Å²) < 4.78 is 0. The van der Waals surface area contributed by atoms with Crippen molar-refractivity contribution in [2.45, 2.75) is 159 Å². The molecule has 4 aliphatic carbocycles. The third-order valence-electron chi connectivity index (χ3n) is 9.15. The summed E-state index contributed by atoms with van der Waals surface area (Å²) in [5, 5.41) is 14.8. The van der Waals surface area contributed by atoms with Crippen molar-refractivity contribution in [2.24, 2.45) is 9.98 Å². The molecule has 0 heterocycles. The largest absolute Gasteiger partial charge is 0.354 e. The minimum atomic E-state index is 0.478. The van der Waals surface area contributed by atoms with Gasteiger partial charge in [0.2, 0.25) is 5.96 Å². The van der Waals surface area contributed by atoms with Crippen LogP contribution in [-0.2, 0) is 0 Å². The van der Waals surface area contributed by atoms with E-state index in [0.29, 0.717) is 24.2 Å². The third kappa shape index (κ3) is 12.7. The summed E-state index contributed by atoms with van der Waals surface area (Å²) in [6, 6.07) is 2.24. The van der Waals surface area contributed by atoms with E-state index in [0.717, 1.165) is 44.5 Å². The highest BCUT2D eigenvalue weighted by Gasteiger charge is 2.19. The van der Waals surface area contributed by atoms with Gasteiger partial charge in [0.15, 0.2) is 5.96 Å². The smallest absolute Gasteiger partial charge is 0.206 e. The molecule has 0 unspecified atom stereocenters. The maximum Gasteiger partial charge on any atom is 0.206 e. The maximum absolute atomic E-state index is 5.08. The van der Waals surface area contributed by atoms with Crippen LogP contribution in [0.1, 0.15) is 135 Å². The van der Waals surface area contributed by atoms with Gasteiger partial charge in [0.05, 0.1) is 12.6 Å². The van der Waals surface area contributed by atoms with Gasteiger partial charge in [0.25, 0.3) is 0 Å². The Bertz CT molecular complexity index is 665. The van der Waals surface area contributed by atoms with E-state index in [1.54, 1.807) is 0 Å². The van der Waals surface area contributed by atoms with Gasteiger partial charge in [-0.1, -0.05) is 77.0 Å². The molecule has 224 valence electrons. The molecule has 0 radical (unpaired) electrons. The predicted octanol–water partition coefficient (Wildman–Crippen LogP) is 4.87. The molecule has 0 aliphatic heterocycles. The first-order chi connectivity index (χ1) is 19.3. The van der Waals surface area contributed by atoms with Crippen molar-refractivity contribution in [3.63, 3.8) is 0 Å². The first-order valence-corrected chi connectivity index (χ1v) is 17.0. The molecule has 0 spiro atoms. The fourth-order valence-corrected chi connectivity index (χ4v) is 6.77. The van der Waals surface area contributed by atoms with Crippen LogP contribution in [0.2, 0.25) is 0 Å². The first-order valence-electron chi connectivity index (χ1n) is 17.0. The highest BCUT2D eigenvalue weighted by atomic mass is 15.4. The van der Waals surface area contributed by atoms with E-state index in [1.165, 1.54) is 128 Å². The van der Waals surface area contributed by atoms with Crippen LogP contribution < -0.4 is 32.1 Å². The average molecular weight is 545 g/mol. The second kappa shape index (κ2) is 18.7. The Morgan fingerprint density at radius 1 is 0.513 bits per heavy atom. The monoisotopic (exact) mass is 544 g/mol. The number of hydrogen-bond donors (Lipinski definition) is 6. The van der Waals surface area contributed by atoms with E-state index >= 15 is 0 Å². The Morgan fingerprint density at radius 3 is 1.54 bits per heavy atom. The molecule has 0 atom stereocenters. The van der Waals surface area contributed by atoms with E-state index in [4.69, 9.17) is 9.98 Å². The van der Waals surface area contributed by atoms with Crippen molar-refractivity contribution in [3.8, 4) is 0 Å². The lowest BCUT2D eigenvalue weighted by atomic mass is 9.95. The Hall–Kier alpha value is -1.54. The molecule has 0 aromatic rings. The van der Waals surface area contributed by atoms with Gasteiger partial charge in [0, 0.05) is 31.2 Å². The van der Waals surface area contributed by atoms with Crippen molar-refractivity contribution in [1.29, 1.82) is 0 Å². The van der Waals surface area contributed by atoms with Crippen molar-refractivity contribution in [3.05, 3.63) is 0 Å². The van der Waals surface area contributed by atoms with Crippen LogP contribution in [0.5, 0.6) is 0 Å². The van der Waals surface area contributed by atoms with Crippen LogP contribution in [0.3, 0.4) is 0 Å². The van der Waals surface area contributed by atoms with Crippen molar-refractivity contribution < 1.29 is 0 Å². The van der Waals surface area contributed by atoms with Crippen LogP contribution >= 0.6 is 0 Å². The summed E-state index contributed by atoms with van der Waals surface area (Å²) in [5.41, 5.74) is 6.87. The topological polar surface area (TPSA) is 96.9 Å². The summed E-state index contributed by atoms with van der Waals surface area (Å²) in [7, 11) is 0. The van der Waals surface area contributed by atoms with Gasteiger partial charge in [0.1, 0.15) is 0 Å². The Morgan fingerprint density at radius 2 is 1.00 bits per heavy atom. The highest BCUT2D eigenvalue weighted by Crippen LogP contribution is 2.21. The fraction of sp³-hybridized carbons (Fsp3) is 0.935. The summed E-state index contributed by atoms with van der Waals surface area (Å²) >= 11 is 0. The van der Waals surface area contributed by atoms with E-state index in [9.17, 15) is 0 Å². The lowest BCUT2D eigenvalue weighted by Gasteiger charge is -2.29. The van der Waals surface area contributed by atoms with Crippen LogP contribution in [0.4, 0.5) is 0 Å². The predicted molar refractivity (Wildman–Crippen MR) is 165 cm³/mol. The van der Waals surface area contributed by atoms with Crippen LogP contribution in [0.15, 0.2) is 9.98 Å². The summed E-state index contributed by atoms with van der Waals surface area (Å²) in [4.78, 5) is 10.0. The summed E-state index contributed by atoms with van der Waals surface area (Å²) in [6.45, 7) is 3.66. The Balaban J connectivity index is 1.11. The highest BCUT2D eigenvalue weighted by molar-refractivity contribution is 5.80. The van der Waals surface area contributed by atoms with Crippen LogP contribution in [0, 0.1) is 0 Å². The minimum Gasteiger partial charge on any atom is -0.354 e. The van der Waals surface area contributed by atoms with Crippen LogP contribution in [-0.4, -0.2) is 62.3 Å². The number of nitrogens with zero attached hydrogens (tertiary/aromatic N) is 2.